The van der Waals surface area contributed by atoms with E-state index in [0.717, 1.165) is 19.3 Å². The predicted octanol–water partition coefficient (Wildman–Crippen LogP) is 1.44. The van der Waals surface area contributed by atoms with E-state index in [1.807, 2.05) is 20.8 Å². The summed E-state index contributed by atoms with van der Waals surface area (Å²) in [4.78, 5) is 0. The van der Waals surface area contributed by atoms with Crippen molar-refractivity contribution in [1.82, 2.24) is 0 Å². The van der Waals surface area contributed by atoms with Crippen LogP contribution >= 0.6 is 0 Å². The molecule has 0 amide bonds. The van der Waals surface area contributed by atoms with Gasteiger partial charge in [-0.05, 0) is 40.0 Å². The maximum Gasteiger partial charge on any atom is 0.164 e. The van der Waals surface area contributed by atoms with Crippen molar-refractivity contribution < 1.29 is 14.6 Å². The summed E-state index contributed by atoms with van der Waals surface area (Å²) in [5, 5.41) is 9.77. The first-order valence-electron chi connectivity index (χ1n) is 4.99. The number of ether oxygens (including phenoxy) is 2. The van der Waals surface area contributed by atoms with Gasteiger partial charge in [0.05, 0.1) is 11.7 Å². The van der Waals surface area contributed by atoms with E-state index in [1.54, 1.807) is 0 Å². The third kappa shape index (κ3) is 1.49. The van der Waals surface area contributed by atoms with Crippen LogP contribution in [0.25, 0.3) is 0 Å². The van der Waals surface area contributed by atoms with Crippen LogP contribution in [0, 0.1) is 0 Å². The van der Waals surface area contributed by atoms with Crippen LogP contribution in [-0.2, 0) is 9.47 Å². The first-order valence-corrected chi connectivity index (χ1v) is 4.99. The molecule has 0 aromatic carbocycles. The first kappa shape index (κ1) is 9.44. The fourth-order valence-corrected chi connectivity index (χ4v) is 2.57. The van der Waals surface area contributed by atoms with Gasteiger partial charge in [0.2, 0.25) is 0 Å². The van der Waals surface area contributed by atoms with Crippen molar-refractivity contribution in [3.63, 3.8) is 0 Å². The molecule has 2 aliphatic rings. The van der Waals surface area contributed by atoms with Crippen molar-refractivity contribution in [2.45, 2.75) is 63.6 Å². The zero-order valence-electron chi connectivity index (χ0n) is 8.54. The Bertz CT molecular complexity index is 214. The Morgan fingerprint density at radius 2 is 2.00 bits per heavy atom. The molecule has 1 aliphatic carbocycles. The van der Waals surface area contributed by atoms with Gasteiger partial charge in [0.15, 0.2) is 5.79 Å². The molecule has 3 atom stereocenters. The minimum absolute atomic E-state index is 0.142. The second kappa shape index (κ2) is 2.69. The van der Waals surface area contributed by atoms with E-state index in [9.17, 15) is 5.11 Å². The maximum atomic E-state index is 9.77. The van der Waals surface area contributed by atoms with Gasteiger partial charge in [0, 0.05) is 0 Å². The molecule has 2 rings (SSSR count). The number of rotatable bonds is 0. The lowest BCUT2D eigenvalue weighted by Crippen LogP contribution is -2.47. The van der Waals surface area contributed by atoms with Gasteiger partial charge in [0.25, 0.3) is 0 Å². The van der Waals surface area contributed by atoms with Crippen molar-refractivity contribution >= 4 is 0 Å². The molecular formula is C10H18O3. The second-order valence-corrected chi connectivity index (χ2v) is 4.81. The van der Waals surface area contributed by atoms with Crippen LogP contribution in [0.1, 0.15) is 40.0 Å². The molecule has 1 saturated carbocycles. The fourth-order valence-electron chi connectivity index (χ4n) is 2.57. The number of hydrogen-bond acceptors (Lipinski definition) is 3. The zero-order valence-corrected chi connectivity index (χ0v) is 8.54. The molecule has 0 radical (unpaired) electrons. The number of fused-ring (bicyclic) bond motifs is 1. The third-order valence-corrected chi connectivity index (χ3v) is 3.01. The highest BCUT2D eigenvalue weighted by Crippen LogP contribution is 2.44. The molecule has 0 aromatic heterocycles. The normalized spacial score (nSPS) is 48.9. The van der Waals surface area contributed by atoms with Crippen LogP contribution in [0.15, 0.2) is 0 Å². The zero-order chi connectivity index (χ0) is 9.69. The Morgan fingerprint density at radius 3 is 2.62 bits per heavy atom. The highest BCUT2D eigenvalue weighted by Gasteiger charge is 2.54. The minimum Gasteiger partial charge on any atom is -0.390 e. The van der Waals surface area contributed by atoms with Gasteiger partial charge in [0.1, 0.15) is 6.10 Å². The molecule has 3 nitrogen and oxygen atoms in total. The summed E-state index contributed by atoms with van der Waals surface area (Å²) in [5.74, 6) is -0.537. The molecule has 1 saturated heterocycles. The molecule has 0 spiro atoms. The maximum absolute atomic E-state index is 9.77. The van der Waals surface area contributed by atoms with Gasteiger partial charge in [-0.15, -0.1) is 0 Å². The van der Waals surface area contributed by atoms with E-state index in [1.165, 1.54) is 0 Å². The predicted molar refractivity (Wildman–Crippen MR) is 48.3 cm³/mol. The fraction of sp³-hybridized carbons (Fsp3) is 1.00. The third-order valence-electron chi connectivity index (χ3n) is 3.01. The molecule has 1 aliphatic heterocycles. The highest BCUT2D eigenvalue weighted by molar-refractivity contribution is 4.99. The van der Waals surface area contributed by atoms with E-state index < -0.39 is 5.79 Å². The Labute approximate surface area is 79.0 Å². The molecule has 76 valence electrons. The molecule has 2 fully saturated rings. The van der Waals surface area contributed by atoms with Crippen LogP contribution < -0.4 is 0 Å². The summed E-state index contributed by atoms with van der Waals surface area (Å²) >= 11 is 0. The van der Waals surface area contributed by atoms with Gasteiger partial charge in [-0.3, -0.25) is 0 Å². The van der Waals surface area contributed by atoms with E-state index in [0.29, 0.717) is 0 Å². The van der Waals surface area contributed by atoms with E-state index in [-0.39, 0.29) is 17.8 Å². The summed E-state index contributed by atoms with van der Waals surface area (Å²) in [6.07, 6.45) is 2.34. The summed E-state index contributed by atoms with van der Waals surface area (Å²) < 4.78 is 11.5. The Morgan fingerprint density at radius 1 is 1.31 bits per heavy atom. The quantitative estimate of drug-likeness (QED) is 0.622. The Kier molecular flexibility index (Phi) is 1.95. The summed E-state index contributed by atoms with van der Waals surface area (Å²) in [7, 11) is 0. The monoisotopic (exact) mass is 186 g/mol. The lowest BCUT2D eigenvalue weighted by atomic mass is 9.82. The van der Waals surface area contributed by atoms with E-state index in [2.05, 4.69) is 0 Å². The average molecular weight is 186 g/mol. The molecule has 3 heteroatoms. The van der Waals surface area contributed by atoms with Crippen LogP contribution in [0.5, 0.6) is 0 Å². The summed E-state index contributed by atoms with van der Waals surface area (Å²) in [6.45, 7) is 5.85. The molecule has 0 aromatic rings. The van der Waals surface area contributed by atoms with Gasteiger partial charge in [-0.2, -0.15) is 0 Å². The standard InChI is InChI=1S/C10H18O3/c1-9(2)12-8-7(11)5-4-6-10(8,3)13-9/h7-8,11H,4-6H2,1-3H3. The Hall–Kier alpha value is -0.120. The largest absolute Gasteiger partial charge is 0.390 e. The van der Waals surface area contributed by atoms with Crippen molar-refractivity contribution in [2.24, 2.45) is 0 Å². The van der Waals surface area contributed by atoms with Crippen molar-refractivity contribution in [2.75, 3.05) is 0 Å². The van der Waals surface area contributed by atoms with Crippen LogP contribution in [0.3, 0.4) is 0 Å². The second-order valence-electron chi connectivity index (χ2n) is 4.81. The van der Waals surface area contributed by atoms with Gasteiger partial charge >= 0.3 is 0 Å². The topological polar surface area (TPSA) is 38.7 Å². The lowest BCUT2D eigenvalue weighted by Gasteiger charge is -2.36. The highest BCUT2D eigenvalue weighted by atomic mass is 16.8. The van der Waals surface area contributed by atoms with Gasteiger partial charge < -0.3 is 14.6 Å². The number of hydrogen-bond donors (Lipinski definition) is 1. The molecule has 0 bridgehead atoms. The SMILES string of the molecule is CC1(C)OC2C(O)CCCC2(C)O1. The molecule has 13 heavy (non-hydrogen) atoms. The molecule has 1 N–H and O–H groups in total. The van der Waals surface area contributed by atoms with Crippen molar-refractivity contribution in [3.05, 3.63) is 0 Å². The van der Waals surface area contributed by atoms with Gasteiger partial charge in [-0.25, -0.2) is 0 Å². The Balaban J connectivity index is 2.22. The number of aliphatic hydroxyl groups excluding tert-OH is 1. The van der Waals surface area contributed by atoms with Crippen LogP contribution in [0.2, 0.25) is 0 Å². The number of aliphatic hydroxyl groups is 1. The van der Waals surface area contributed by atoms with Gasteiger partial charge in [-0.1, -0.05) is 0 Å². The lowest BCUT2D eigenvalue weighted by molar-refractivity contribution is -0.162. The molecule has 3 unspecified atom stereocenters. The molecule has 1 heterocycles. The van der Waals surface area contributed by atoms with E-state index >= 15 is 0 Å². The summed E-state index contributed by atoms with van der Waals surface area (Å²) in [5.41, 5.74) is -0.277. The van der Waals surface area contributed by atoms with Crippen molar-refractivity contribution in [3.8, 4) is 0 Å². The molecular weight excluding hydrogens is 168 g/mol. The van der Waals surface area contributed by atoms with E-state index in [4.69, 9.17) is 9.47 Å². The van der Waals surface area contributed by atoms with Crippen LogP contribution in [0.4, 0.5) is 0 Å². The van der Waals surface area contributed by atoms with Crippen LogP contribution in [-0.4, -0.2) is 28.7 Å². The smallest absolute Gasteiger partial charge is 0.164 e. The minimum atomic E-state index is -0.537. The summed E-state index contributed by atoms with van der Waals surface area (Å²) in [6, 6.07) is 0. The van der Waals surface area contributed by atoms with Crippen molar-refractivity contribution in [1.29, 1.82) is 0 Å². The first-order chi connectivity index (χ1) is 5.93. The average Bonchev–Trinajstić information content (AvgIpc) is 2.20.